The summed E-state index contributed by atoms with van der Waals surface area (Å²) in [5.41, 5.74) is 3.95. The van der Waals surface area contributed by atoms with E-state index >= 15 is 0 Å². The molecule has 0 saturated heterocycles. The fraction of sp³-hybridized carbons (Fsp3) is 0.500. The molecule has 1 rings (SSSR count). The number of H-pyrrole nitrogens is 1. The van der Waals surface area contributed by atoms with Crippen LogP contribution in [0.2, 0.25) is 0 Å². The van der Waals surface area contributed by atoms with Gasteiger partial charge in [-0.1, -0.05) is 6.92 Å². The van der Waals surface area contributed by atoms with E-state index in [1.165, 1.54) is 0 Å². The molecule has 0 radical (unpaired) electrons. The second-order valence-electron chi connectivity index (χ2n) is 3.16. The van der Waals surface area contributed by atoms with Gasteiger partial charge in [-0.2, -0.15) is 0 Å². The van der Waals surface area contributed by atoms with Gasteiger partial charge >= 0.3 is 0 Å². The van der Waals surface area contributed by atoms with Gasteiger partial charge in [0.1, 0.15) is 0 Å². The smallest absolute Gasteiger partial charge is 0.188 e. The van der Waals surface area contributed by atoms with Crippen LogP contribution in [-0.4, -0.2) is 4.98 Å². The van der Waals surface area contributed by atoms with Crippen molar-refractivity contribution in [2.75, 3.05) is 0 Å². The monoisotopic (exact) mass is 165 g/mol. The zero-order valence-corrected chi connectivity index (χ0v) is 8.12. The molecule has 66 valence electrons. The van der Waals surface area contributed by atoms with Gasteiger partial charge in [0.2, 0.25) is 0 Å². The number of hydrogen-bond acceptors (Lipinski definition) is 1. The van der Waals surface area contributed by atoms with E-state index in [9.17, 15) is 4.79 Å². The predicted molar refractivity (Wildman–Crippen MR) is 50.7 cm³/mol. The summed E-state index contributed by atoms with van der Waals surface area (Å²) < 4.78 is 0. The van der Waals surface area contributed by atoms with E-state index in [4.69, 9.17) is 0 Å². The van der Waals surface area contributed by atoms with Crippen molar-refractivity contribution in [2.24, 2.45) is 0 Å². The molecule has 2 heteroatoms. The van der Waals surface area contributed by atoms with Gasteiger partial charge in [0, 0.05) is 22.5 Å². The molecule has 1 N–H and O–H groups in total. The van der Waals surface area contributed by atoms with Crippen molar-refractivity contribution in [1.82, 2.24) is 4.98 Å². The first-order valence-electron chi connectivity index (χ1n) is 4.26. The standard InChI is InChI=1S/C10H15NO/c1-5-9-8(4)11-7(3)6(2)10(9)12/h5H2,1-4H3,(H,11,12). The number of pyridine rings is 1. The van der Waals surface area contributed by atoms with Gasteiger partial charge in [-0.25, -0.2) is 0 Å². The van der Waals surface area contributed by atoms with Crippen LogP contribution >= 0.6 is 0 Å². The maximum atomic E-state index is 11.6. The first-order valence-corrected chi connectivity index (χ1v) is 4.26. The summed E-state index contributed by atoms with van der Waals surface area (Å²) in [5.74, 6) is 0. The summed E-state index contributed by atoms with van der Waals surface area (Å²) in [6.45, 7) is 7.76. The minimum Gasteiger partial charge on any atom is -0.362 e. The normalized spacial score (nSPS) is 10.3. The lowest BCUT2D eigenvalue weighted by atomic mass is 10.1. The van der Waals surface area contributed by atoms with Crippen LogP contribution in [0.4, 0.5) is 0 Å². The van der Waals surface area contributed by atoms with E-state index in [2.05, 4.69) is 4.98 Å². The quantitative estimate of drug-likeness (QED) is 0.677. The molecular formula is C10H15NO. The first-order chi connectivity index (χ1) is 5.57. The van der Waals surface area contributed by atoms with Crippen molar-refractivity contribution in [3.05, 3.63) is 32.7 Å². The Hall–Kier alpha value is -1.05. The molecule has 1 heterocycles. The molecule has 0 spiro atoms. The molecule has 0 aliphatic rings. The van der Waals surface area contributed by atoms with Gasteiger partial charge < -0.3 is 4.98 Å². The molecule has 0 aliphatic heterocycles. The molecular weight excluding hydrogens is 150 g/mol. The Bertz CT molecular complexity index is 350. The lowest BCUT2D eigenvalue weighted by molar-refractivity contribution is 0.979. The van der Waals surface area contributed by atoms with Crippen molar-refractivity contribution < 1.29 is 0 Å². The summed E-state index contributed by atoms with van der Waals surface area (Å²) in [5, 5.41) is 0. The maximum Gasteiger partial charge on any atom is 0.188 e. The minimum absolute atomic E-state index is 0.200. The fourth-order valence-electron chi connectivity index (χ4n) is 1.44. The van der Waals surface area contributed by atoms with E-state index in [1.54, 1.807) is 0 Å². The Kier molecular flexibility index (Phi) is 2.36. The maximum absolute atomic E-state index is 11.6. The molecule has 1 aromatic rings. The molecule has 1 aromatic heterocycles. The average Bonchev–Trinajstić information content (AvgIpc) is 2.01. The Morgan fingerprint density at radius 2 is 1.75 bits per heavy atom. The number of rotatable bonds is 1. The van der Waals surface area contributed by atoms with Gasteiger partial charge in [0.05, 0.1) is 0 Å². The second kappa shape index (κ2) is 3.13. The number of hydrogen-bond donors (Lipinski definition) is 1. The van der Waals surface area contributed by atoms with E-state index in [0.29, 0.717) is 0 Å². The zero-order chi connectivity index (χ0) is 9.30. The summed E-state index contributed by atoms with van der Waals surface area (Å²) >= 11 is 0. The van der Waals surface area contributed by atoms with Crippen molar-refractivity contribution in [3.63, 3.8) is 0 Å². The lowest BCUT2D eigenvalue weighted by Crippen LogP contribution is -2.16. The molecule has 0 aromatic carbocycles. The van der Waals surface area contributed by atoms with Gasteiger partial charge in [-0.15, -0.1) is 0 Å². The highest BCUT2D eigenvalue weighted by atomic mass is 16.1. The third-order valence-electron chi connectivity index (χ3n) is 2.36. The van der Waals surface area contributed by atoms with Crippen molar-refractivity contribution in [1.29, 1.82) is 0 Å². The Morgan fingerprint density at radius 3 is 2.25 bits per heavy atom. The molecule has 0 bridgehead atoms. The second-order valence-corrected chi connectivity index (χ2v) is 3.16. The SMILES string of the molecule is CCc1c(C)[nH]c(C)c(C)c1=O. The van der Waals surface area contributed by atoms with Crippen LogP contribution in [0.25, 0.3) is 0 Å². The van der Waals surface area contributed by atoms with E-state index < -0.39 is 0 Å². The van der Waals surface area contributed by atoms with Crippen LogP contribution in [-0.2, 0) is 6.42 Å². The molecule has 0 saturated carbocycles. The van der Waals surface area contributed by atoms with E-state index in [-0.39, 0.29) is 5.43 Å². The van der Waals surface area contributed by atoms with Gasteiger partial charge in [-0.3, -0.25) is 4.79 Å². The third kappa shape index (κ3) is 1.29. The number of aromatic amines is 1. The largest absolute Gasteiger partial charge is 0.362 e. The van der Waals surface area contributed by atoms with Gasteiger partial charge in [0.25, 0.3) is 0 Å². The number of nitrogens with one attached hydrogen (secondary N) is 1. The van der Waals surface area contributed by atoms with Crippen LogP contribution in [0.15, 0.2) is 4.79 Å². The summed E-state index contributed by atoms with van der Waals surface area (Å²) in [6, 6.07) is 0. The average molecular weight is 165 g/mol. The van der Waals surface area contributed by atoms with E-state index in [1.807, 2.05) is 27.7 Å². The van der Waals surface area contributed by atoms with Crippen LogP contribution < -0.4 is 5.43 Å². The molecule has 0 atom stereocenters. The Morgan fingerprint density at radius 1 is 1.17 bits per heavy atom. The van der Waals surface area contributed by atoms with Gasteiger partial charge in [-0.05, 0) is 27.2 Å². The van der Waals surface area contributed by atoms with Crippen molar-refractivity contribution >= 4 is 0 Å². The molecule has 0 aliphatic carbocycles. The topological polar surface area (TPSA) is 32.9 Å². The summed E-state index contributed by atoms with van der Waals surface area (Å²) in [7, 11) is 0. The van der Waals surface area contributed by atoms with Gasteiger partial charge in [0.15, 0.2) is 5.43 Å². The number of aromatic nitrogens is 1. The van der Waals surface area contributed by atoms with Crippen LogP contribution in [0.1, 0.15) is 29.4 Å². The molecule has 0 fully saturated rings. The summed E-state index contributed by atoms with van der Waals surface area (Å²) in [4.78, 5) is 14.8. The molecule has 2 nitrogen and oxygen atoms in total. The predicted octanol–water partition coefficient (Wildman–Crippen LogP) is 1.86. The highest BCUT2D eigenvalue weighted by Crippen LogP contribution is 2.05. The highest BCUT2D eigenvalue weighted by Gasteiger charge is 2.06. The van der Waals surface area contributed by atoms with Crippen molar-refractivity contribution in [3.8, 4) is 0 Å². The third-order valence-corrected chi connectivity index (χ3v) is 2.36. The van der Waals surface area contributed by atoms with Crippen LogP contribution in [0, 0.1) is 20.8 Å². The lowest BCUT2D eigenvalue weighted by Gasteiger charge is -2.06. The van der Waals surface area contributed by atoms with Crippen molar-refractivity contribution in [2.45, 2.75) is 34.1 Å². The van der Waals surface area contributed by atoms with Crippen LogP contribution in [0.5, 0.6) is 0 Å². The molecule has 0 unspecified atom stereocenters. The number of aryl methyl sites for hydroxylation is 2. The minimum atomic E-state index is 0.200. The highest BCUT2D eigenvalue weighted by molar-refractivity contribution is 5.28. The van der Waals surface area contributed by atoms with Crippen LogP contribution in [0.3, 0.4) is 0 Å². The van der Waals surface area contributed by atoms with E-state index in [0.717, 1.165) is 28.9 Å². The Labute approximate surface area is 72.6 Å². The molecule has 12 heavy (non-hydrogen) atoms. The fourth-order valence-corrected chi connectivity index (χ4v) is 1.44. The Balaban J connectivity index is 3.52. The summed E-state index contributed by atoms with van der Waals surface area (Å²) in [6.07, 6.45) is 0.808. The first kappa shape index (κ1) is 9.04. The molecule has 0 amide bonds. The zero-order valence-electron chi connectivity index (χ0n) is 8.12.